The van der Waals surface area contributed by atoms with Crippen molar-refractivity contribution in [3.8, 4) is 0 Å². The van der Waals surface area contributed by atoms with Crippen molar-refractivity contribution >= 4 is 11.8 Å². The molecule has 1 rings (SSSR count). The van der Waals surface area contributed by atoms with Gasteiger partial charge in [-0.05, 0) is 38.2 Å². The quantitative estimate of drug-likeness (QED) is 0.507. The van der Waals surface area contributed by atoms with Crippen LogP contribution in [0.4, 0.5) is 0 Å². The number of aliphatic carboxylic acids is 1. The van der Waals surface area contributed by atoms with Crippen molar-refractivity contribution in [2.45, 2.75) is 51.6 Å². The normalized spacial score (nSPS) is 21.8. The molecule has 1 aliphatic rings. The summed E-state index contributed by atoms with van der Waals surface area (Å²) in [5, 5.41) is 18.8. The molecule has 0 saturated heterocycles. The number of aliphatic hydroxyl groups excluding tert-OH is 1. The van der Waals surface area contributed by atoms with Crippen molar-refractivity contribution in [2.75, 3.05) is 0 Å². The van der Waals surface area contributed by atoms with Gasteiger partial charge >= 0.3 is 5.97 Å². The average Bonchev–Trinajstić information content (AvgIpc) is 2.96. The molecule has 0 fully saturated rings. The fourth-order valence-corrected chi connectivity index (χ4v) is 2.74. The Labute approximate surface area is 156 Å². The van der Waals surface area contributed by atoms with E-state index in [9.17, 15) is 14.7 Å². The number of ketones is 1. The largest absolute Gasteiger partial charge is 0.481 e. The van der Waals surface area contributed by atoms with Gasteiger partial charge in [0.2, 0.25) is 0 Å². The number of hydrogen-bond acceptors (Lipinski definition) is 3. The van der Waals surface area contributed by atoms with Gasteiger partial charge in [0.25, 0.3) is 0 Å². The van der Waals surface area contributed by atoms with Crippen LogP contribution in [0.25, 0.3) is 0 Å². The lowest BCUT2D eigenvalue weighted by Crippen LogP contribution is -2.16. The van der Waals surface area contributed by atoms with E-state index in [2.05, 4.69) is 31.2 Å². The molecule has 3 atom stereocenters. The lowest BCUT2D eigenvalue weighted by atomic mass is 9.89. The molecule has 0 aromatic rings. The summed E-state index contributed by atoms with van der Waals surface area (Å²) in [4.78, 5) is 22.5. The highest BCUT2D eigenvalue weighted by Crippen LogP contribution is 2.28. The van der Waals surface area contributed by atoms with Crippen molar-refractivity contribution in [3.63, 3.8) is 0 Å². The predicted molar refractivity (Wildman–Crippen MR) is 105 cm³/mol. The molecule has 26 heavy (non-hydrogen) atoms. The van der Waals surface area contributed by atoms with Crippen LogP contribution in [-0.4, -0.2) is 28.1 Å². The number of carbonyl (C=O) groups excluding carboxylic acids is 1. The van der Waals surface area contributed by atoms with Crippen LogP contribution in [0.3, 0.4) is 0 Å². The second-order valence-corrected chi connectivity index (χ2v) is 6.36. The van der Waals surface area contributed by atoms with Crippen molar-refractivity contribution in [2.24, 2.45) is 11.8 Å². The molecule has 0 aromatic carbocycles. The smallest absolute Gasteiger partial charge is 0.303 e. The van der Waals surface area contributed by atoms with Gasteiger partial charge in [-0.15, -0.1) is 0 Å². The third kappa shape index (κ3) is 9.33. The molecule has 2 N–H and O–H groups in total. The van der Waals surface area contributed by atoms with Gasteiger partial charge in [-0.2, -0.15) is 0 Å². The number of hydrogen-bond donors (Lipinski definition) is 2. The van der Waals surface area contributed by atoms with Crippen LogP contribution in [0.15, 0.2) is 60.8 Å². The number of carboxylic acid groups (broad SMARTS) is 1. The monoisotopic (exact) mass is 358 g/mol. The summed E-state index contributed by atoms with van der Waals surface area (Å²) in [5.74, 6) is -1.37. The zero-order valence-electron chi connectivity index (χ0n) is 15.5. The van der Waals surface area contributed by atoms with E-state index in [1.54, 1.807) is 12.2 Å². The van der Waals surface area contributed by atoms with Gasteiger partial charge in [0.15, 0.2) is 5.78 Å². The van der Waals surface area contributed by atoms with Crippen LogP contribution < -0.4 is 0 Å². The topological polar surface area (TPSA) is 74.6 Å². The molecule has 4 nitrogen and oxygen atoms in total. The van der Waals surface area contributed by atoms with E-state index in [0.29, 0.717) is 12.8 Å². The second-order valence-electron chi connectivity index (χ2n) is 6.36. The first kappa shape index (κ1) is 21.8. The van der Waals surface area contributed by atoms with Crippen molar-refractivity contribution < 1.29 is 19.8 Å². The average molecular weight is 358 g/mol. The van der Waals surface area contributed by atoms with Crippen molar-refractivity contribution in [3.05, 3.63) is 60.8 Å². The zero-order valence-corrected chi connectivity index (χ0v) is 15.5. The Hall–Kier alpha value is -2.20. The van der Waals surface area contributed by atoms with Gasteiger partial charge in [0.1, 0.15) is 0 Å². The van der Waals surface area contributed by atoms with Crippen LogP contribution in [0.2, 0.25) is 0 Å². The minimum atomic E-state index is -0.895. The first-order valence-corrected chi connectivity index (χ1v) is 9.29. The SMILES string of the molecule is CC/C=C\C/C=C/C/C=C\C[C@H](O)/C=C/[C@@H]1C=CC(=O)[C@@H]1CCC(=O)O. The van der Waals surface area contributed by atoms with Crippen LogP contribution in [0.5, 0.6) is 0 Å². The van der Waals surface area contributed by atoms with E-state index in [0.717, 1.165) is 19.3 Å². The van der Waals surface area contributed by atoms with Crippen molar-refractivity contribution in [1.29, 1.82) is 0 Å². The summed E-state index contributed by atoms with van der Waals surface area (Å²) in [5.41, 5.74) is 0. The zero-order chi connectivity index (χ0) is 19.2. The van der Waals surface area contributed by atoms with Gasteiger partial charge in [-0.1, -0.05) is 61.6 Å². The third-order valence-electron chi connectivity index (χ3n) is 4.20. The minimum absolute atomic E-state index is 0.0184. The predicted octanol–water partition coefficient (Wildman–Crippen LogP) is 4.39. The Bertz CT molecular complexity index is 581. The van der Waals surface area contributed by atoms with E-state index in [4.69, 9.17) is 5.11 Å². The molecule has 0 spiro atoms. The minimum Gasteiger partial charge on any atom is -0.481 e. The van der Waals surface area contributed by atoms with E-state index in [1.807, 2.05) is 18.2 Å². The lowest BCUT2D eigenvalue weighted by molar-refractivity contribution is -0.137. The highest BCUT2D eigenvalue weighted by atomic mass is 16.4. The van der Waals surface area contributed by atoms with Gasteiger partial charge < -0.3 is 10.2 Å². The Morgan fingerprint density at radius 3 is 2.46 bits per heavy atom. The fraction of sp³-hybridized carbons (Fsp3) is 0.455. The molecule has 142 valence electrons. The van der Waals surface area contributed by atoms with Gasteiger partial charge in [-0.3, -0.25) is 9.59 Å². The standard InChI is InChI=1S/C22H30O4/c1-2-3-4-5-6-7-8-9-10-11-19(23)14-12-18-13-16-21(24)20(18)15-17-22(25)26/h3-4,6-7,9-10,12-14,16,18-20,23H,2,5,8,11,15,17H2,1H3,(H,25,26)/b4-3-,7-6+,10-9-,14-12+/t18-,19+,20-/m1/s1. The first-order valence-electron chi connectivity index (χ1n) is 9.29. The summed E-state index contributed by atoms with van der Waals surface area (Å²) >= 11 is 0. The van der Waals surface area contributed by atoms with Crippen LogP contribution in [-0.2, 0) is 9.59 Å². The number of carbonyl (C=O) groups is 2. The molecule has 0 amide bonds. The van der Waals surface area contributed by atoms with E-state index < -0.39 is 12.1 Å². The Kier molecular flexibility index (Phi) is 11.0. The summed E-state index contributed by atoms with van der Waals surface area (Å²) in [6.07, 6.45) is 22.3. The molecular formula is C22H30O4. The second kappa shape index (κ2) is 13.1. The Morgan fingerprint density at radius 1 is 1.15 bits per heavy atom. The number of allylic oxidation sites excluding steroid dienone is 8. The maximum absolute atomic E-state index is 11.8. The van der Waals surface area contributed by atoms with Gasteiger partial charge in [0.05, 0.1) is 6.10 Å². The Balaban J connectivity index is 2.32. The molecule has 4 heteroatoms. The molecule has 0 bridgehead atoms. The maximum Gasteiger partial charge on any atom is 0.303 e. The number of aliphatic hydroxyl groups is 1. The molecule has 0 radical (unpaired) electrons. The number of carboxylic acids is 1. The summed E-state index contributed by atoms with van der Waals surface area (Å²) in [6.45, 7) is 2.11. The summed E-state index contributed by atoms with van der Waals surface area (Å²) < 4.78 is 0. The summed E-state index contributed by atoms with van der Waals surface area (Å²) in [7, 11) is 0. The molecule has 1 aliphatic carbocycles. The molecule has 0 heterocycles. The molecular weight excluding hydrogens is 328 g/mol. The molecule has 0 unspecified atom stereocenters. The van der Waals surface area contributed by atoms with E-state index in [-0.39, 0.29) is 24.0 Å². The first-order chi connectivity index (χ1) is 12.5. The lowest BCUT2D eigenvalue weighted by Gasteiger charge is -2.14. The van der Waals surface area contributed by atoms with Gasteiger partial charge in [-0.25, -0.2) is 0 Å². The van der Waals surface area contributed by atoms with Crippen molar-refractivity contribution in [1.82, 2.24) is 0 Å². The van der Waals surface area contributed by atoms with Crippen LogP contribution in [0.1, 0.15) is 45.4 Å². The third-order valence-corrected chi connectivity index (χ3v) is 4.20. The molecule has 0 aliphatic heterocycles. The van der Waals surface area contributed by atoms with Crippen LogP contribution >= 0.6 is 0 Å². The fourth-order valence-electron chi connectivity index (χ4n) is 2.74. The Morgan fingerprint density at radius 2 is 1.81 bits per heavy atom. The molecule has 0 saturated carbocycles. The van der Waals surface area contributed by atoms with Crippen LogP contribution in [0, 0.1) is 11.8 Å². The summed E-state index contributed by atoms with van der Waals surface area (Å²) in [6, 6.07) is 0. The highest BCUT2D eigenvalue weighted by molar-refractivity contribution is 5.95. The van der Waals surface area contributed by atoms with E-state index >= 15 is 0 Å². The van der Waals surface area contributed by atoms with Gasteiger partial charge in [0, 0.05) is 18.3 Å². The van der Waals surface area contributed by atoms with E-state index in [1.165, 1.54) is 6.08 Å². The maximum atomic E-state index is 11.8. The highest BCUT2D eigenvalue weighted by Gasteiger charge is 2.28. The number of rotatable bonds is 12. The molecule has 0 aromatic heterocycles.